The highest BCUT2D eigenvalue weighted by molar-refractivity contribution is 7.89. The number of esters is 1. The van der Waals surface area contributed by atoms with Crippen LogP contribution in [0.2, 0.25) is 0 Å². The van der Waals surface area contributed by atoms with Crippen LogP contribution in [0.3, 0.4) is 0 Å². The first-order valence-corrected chi connectivity index (χ1v) is 9.80. The minimum Gasteiger partial charge on any atom is -0.495 e. The number of rotatable bonds is 5. The van der Waals surface area contributed by atoms with E-state index in [9.17, 15) is 13.2 Å². The predicted octanol–water partition coefficient (Wildman–Crippen LogP) is 0.972. The van der Waals surface area contributed by atoms with E-state index in [0.29, 0.717) is 25.5 Å². The molecule has 154 valence electrons. The first-order chi connectivity index (χ1) is 12.9. The Bertz CT molecular complexity index is 947. The molecule has 2 heterocycles. The van der Waals surface area contributed by atoms with Gasteiger partial charge in [-0.1, -0.05) is 0 Å². The molecule has 3 rings (SSSR count). The highest BCUT2D eigenvalue weighted by Gasteiger charge is 2.38. The van der Waals surface area contributed by atoms with Gasteiger partial charge in [0.15, 0.2) is 0 Å². The molecule has 1 aliphatic heterocycles. The van der Waals surface area contributed by atoms with Gasteiger partial charge in [-0.15, -0.1) is 12.4 Å². The molecule has 1 aliphatic rings. The van der Waals surface area contributed by atoms with Gasteiger partial charge in [0.05, 0.1) is 25.8 Å². The van der Waals surface area contributed by atoms with Crippen molar-refractivity contribution in [3.05, 3.63) is 42.0 Å². The number of methoxy groups -OCH3 is 2. The van der Waals surface area contributed by atoms with E-state index < -0.39 is 22.0 Å². The Labute approximate surface area is 170 Å². The molecule has 0 saturated carbocycles. The van der Waals surface area contributed by atoms with E-state index in [1.807, 2.05) is 7.05 Å². The molecular weight excluding hydrogens is 408 g/mol. The summed E-state index contributed by atoms with van der Waals surface area (Å²) in [6.07, 6.45) is 3.42. The second-order valence-electron chi connectivity index (χ2n) is 6.09. The third kappa shape index (κ3) is 4.00. The number of imidazole rings is 1. The molecule has 1 fully saturated rings. The molecule has 0 spiro atoms. The molecule has 28 heavy (non-hydrogen) atoms. The second kappa shape index (κ2) is 8.91. The van der Waals surface area contributed by atoms with E-state index in [1.54, 1.807) is 17.0 Å². The molecule has 1 unspecified atom stereocenters. The number of aromatic nitrogens is 2. The van der Waals surface area contributed by atoms with Crippen LogP contribution in [0.15, 0.2) is 35.5 Å². The highest BCUT2D eigenvalue weighted by Crippen LogP contribution is 2.33. The van der Waals surface area contributed by atoms with E-state index in [-0.39, 0.29) is 28.6 Å². The quantitative estimate of drug-likeness (QED) is 0.705. The fourth-order valence-electron chi connectivity index (χ4n) is 3.14. The van der Waals surface area contributed by atoms with Crippen molar-refractivity contribution in [2.45, 2.75) is 10.9 Å². The number of halogens is 1. The zero-order chi connectivity index (χ0) is 19.6. The fraction of sp³-hybridized carbons (Fsp3) is 0.412. The van der Waals surface area contributed by atoms with Gasteiger partial charge in [-0.25, -0.2) is 18.2 Å². The fourth-order valence-corrected chi connectivity index (χ4v) is 4.87. The number of benzene rings is 1. The van der Waals surface area contributed by atoms with Crippen molar-refractivity contribution in [1.82, 2.24) is 19.2 Å². The van der Waals surface area contributed by atoms with E-state index in [2.05, 4.69) is 15.0 Å². The highest BCUT2D eigenvalue weighted by atomic mass is 35.5. The van der Waals surface area contributed by atoms with Gasteiger partial charge in [-0.3, -0.25) is 0 Å². The molecule has 1 saturated heterocycles. The van der Waals surface area contributed by atoms with E-state index in [0.717, 1.165) is 0 Å². The van der Waals surface area contributed by atoms with Crippen LogP contribution >= 0.6 is 12.4 Å². The summed E-state index contributed by atoms with van der Waals surface area (Å²) in [5.41, 5.74) is 0.217. The second-order valence-corrected chi connectivity index (χ2v) is 7.95. The molecular formula is C17H23ClN4O5S. The maximum Gasteiger partial charge on any atom is 0.337 e. The number of nitrogens with zero attached hydrogens (tertiary/aromatic N) is 3. The topological polar surface area (TPSA) is 103 Å². The lowest BCUT2D eigenvalue weighted by atomic mass is 10.2. The number of aryl methyl sites for hydroxylation is 1. The average Bonchev–Trinajstić information content (AvgIpc) is 3.12. The van der Waals surface area contributed by atoms with Crippen molar-refractivity contribution >= 4 is 28.4 Å². The van der Waals surface area contributed by atoms with Gasteiger partial charge in [0.25, 0.3) is 0 Å². The van der Waals surface area contributed by atoms with Gasteiger partial charge in [0.1, 0.15) is 16.5 Å². The molecule has 1 aromatic heterocycles. The van der Waals surface area contributed by atoms with Crippen molar-refractivity contribution in [2.24, 2.45) is 7.05 Å². The zero-order valence-electron chi connectivity index (χ0n) is 15.8. The van der Waals surface area contributed by atoms with Crippen LogP contribution in [0.1, 0.15) is 22.2 Å². The van der Waals surface area contributed by atoms with Crippen LogP contribution in [0.5, 0.6) is 5.75 Å². The molecule has 1 atom stereocenters. The molecule has 0 radical (unpaired) electrons. The number of carbonyl (C=O) groups excluding carboxylic acids is 1. The van der Waals surface area contributed by atoms with Crippen molar-refractivity contribution in [3.63, 3.8) is 0 Å². The van der Waals surface area contributed by atoms with Crippen LogP contribution in [0, 0.1) is 0 Å². The van der Waals surface area contributed by atoms with Gasteiger partial charge >= 0.3 is 5.97 Å². The molecule has 9 nitrogen and oxygen atoms in total. The molecule has 2 aromatic rings. The summed E-state index contributed by atoms with van der Waals surface area (Å²) in [6.45, 7) is 1.27. The Morgan fingerprint density at radius 1 is 1.32 bits per heavy atom. The molecule has 1 aromatic carbocycles. The summed E-state index contributed by atoms with van der Waals surface area (Å²) in [7, 11) is 0.570. The first-order valence-electron chi connectivity index (χ1n) is 8.36. The maximum absolute atomic E-state index is 13.4. The monoisotopic (exact) mass is 430 g/mol. The van der Waals surface area contributed by atoms with Crippen LogP contribution in [0.25, 0.3) is 0 Å². The largest absolute Gasteiger partial charge is 0.495 e. The summed E-state index contributed by atoms with van der Waals surface area (Å²) in [4.78, 5) is 16.0. The summed E-state index contributed by atoms with van der Waals surface area (Å²) >= 11 is 0. The predicted molar refractivity (Wildman–Crippen MR) is 104 cm³/mol. The number of sulfonamides is 1. The van der Waals surface area contributed by atoms with E-state index >= 15 is 0 Å². The van der Waals surface area contributed by atoms with Crippen LogP contribution < -0.4 is 10.1 Å². The number of nitrogens with one attached hydrogen (secondary N) is 1. The maximum atomic E-state index is 13.4. The van der Waals surface area contributed by atoms with Crippen LogP contribution in [-0.4, -0.2) is 62.1 Å². The Kier molecular flexibility index (Phi) is 7.05. The lowest BCUT2D eigenvalue weighted by Crippen LogP contribution is -2.49. The first kappa shape index (κ1) is 22.2. The third-order valence-corrected chi connectivity index (χ3v) is 6.47. The number of hydrogen-bond acceptors (Lipinski definition) is 7. The summed E-state index contributed by atoms with van der Waals surface area (Å²) in [5.74, 6) is 0.177. The lowest BCUT2D eigenvalue weighted by molar-refractivity contribution is 0.0600. The summed E-state index contributed by atoms with van der Waals surface area (Å²) < 4.78 is 40.0. The van der Waals surface area contributed by atoms with Gasteiger partial charge in [0.2, 0.25) is 10.0 Å². The van der Waals surface area contributed by atoms with E-state index in [1.165, 1.54) is 36.7 Å². The van der Waals surface area contributed by atoms with Gasteiger partial charge in [-0.2, -0.15) is 4.31 Å². The number of hydrogen-bond donors (Lipinski definition) is 1. The summed E-state index contributed by atoms with van der Waals surface area (Å²) in [6, 6.07) is 3.71. The summed E-state index contributed by atoms with van der Waals surface area (Å²) in [5, 5.41) is 3.21. The van der Waals surface area contributed by atoms with Gasteiger partial charge in [-0.05, 0) is 18.2 Å². The third-order valence-electron chi connectivity index (χ3n) is 4.52. The molecule has 1 N–H and O–H groups in total. The van der Waals surface area contributed by atoms with Crippen molar-refractivity contribution in [1.29, 1.82) is 0 Å². The lowest BCUT2D eigenvalue weighted by Gasteiger charge is -2.34. The standard InChI is InChI=1S/C17H22N4O5S.ClH/c1-20-8-7-19-16(20)13-11-18-6-9-21(13)27(23,24)15-5-4-12(17(22)26-3)10-14(15)25-2;/h4-5,7-8,10,13,18H,6,9,11H2,1-3H3;1H. The Balaban J connectivity index is 0.00000280. The average molecular weight is 431 g/mol. The number of carbonyl (C=O) groups is 1. The number of ether oxygens (including phenoxy) is 2. The van der Waals surface area contributed by atoms with Gasteiger partial charge in [0, 0.05) is 39.1 Å². The molecule has 11 heteroatoms. The van der Waals surface area contributed by atoms with E-state index in [4.69, 9.17) is 4.74 Å². The zero-order valence-corrected chi connectivity index (χ0v) is 17.4. The van der Waals surface area contributed by atoms with Crippen molar-refractivity contribution in [3.8, 4) is 5.75 Å². The van der Waals surface area contributed by atoms with Crippen molar-refractivity contribution in [2.75, 3.05) is 33.9 Å². The van der Waals surface area contributed by atoms with Crippen LogP contribution in [-0.2, 0) is 21.8 Å². The number of piperazine rings is 1. The smallest absolute Gasteiger partial charge is 0.337 e. The van der Waals surface area contributed by atoms with Crippen molar-refractivity contribution < 1.29 is 22.7 Å². The molecule has 0 aliphatic carbocycles. The normalized spacial score (nSPS) is 17.6. The minimum atomic E-state index is -3.88. The molecule has 0 amide bonds. The Hall–Kier alpha value is -2.14. The Morgan fingerprint density at radius 3 is 2.68 bits per heavy atom. The Morgan fingerprint density at radius 2 is 2.07 bits per heavy atom. The van der Waals surface area contributed by atoms with Crippen LogP contribution in [0.4, 0.5) is 0 Å². The minimum absolute atomic E-state index is 0. The SMILES string of the molecule is COC(=O)c1ccc(S(=O)(=O)N2CCNCC2c2nccn2C)c(OC)c1.Cl. The van der Waals surface area contributed by atoms with Gasteiger partial charge < -0.3 is 19.4 Å². The molecule has 0 bridgehead atoms.